The van der Waals surface area contributed by atoms with Crippen molar-refractivity contribution in [2.45, 2.75) is 13.0 Å². The van der Waals surface area contributed by atoms with E-state index in [-0.39, 0.29) is 19.3 Å². The zero-order valence-corrected chi connectivity index (χ0v) is 16.6. The Morgan fingerprint density at radius 3 is 2.53 bits per heavy atom. The number of aliphatic hydroxyl groups excluding tert-OH is 2. The third-order valence-electron chi connectivity index (χ3n) is 4.83. The maximum Gasteiger partial charge on any atom is 0.152 e. The fourth-order valence-electron chi connectivity index (χ4n) is 3.17. The summed E-state index contributed by atoms with van der Waals surface area (Å²) in [7, 11) is 0. The zero-order valence-electron chi connectivity index (χ0n) is 16.6. The van der Waals surface area contributed by atoms with Crippen molar-refractivity contribution in [2.75, 3.05) is 23.8 Å². The molecular formula is C22H24N6O2. The first kappa shape index (κ1) is 19.7. The highest BCUT2D eigenvalue weighted by atomic mass is 16.3. The standard InChI is InChI=1S/C22H24N6O2/c1-15-11-17(24-18(13-29)14-30)5-8-20(15)25-22-12-21(26-27-22)16-3-6-19(7-4-16)28-10-2-9-23-28/h2-12,18,24,29-30H,13-14H2,1H3,(H2,25,26,27). The topological polar surface area (TPSA) is 111 Å². The summed E-state index contributed by atoms with van der Waals surface area (Å²) >= 11 is 0. The highest BCUT2D eigenvalue weighted by Crippen LogP contribution is 2.26. The van der Waals surface area contributed by atoms with Crippen molar-refractivity contribution in [3.05, 3.63) is 72.6 Å². The van der Waals surface area contributed by atoms with E-state index in [0.29, 0.717) is 5.82 Å². The molecule has 0 bridgehead atoms. The minimum Gasteiger partial charge on any atom is -0.394 e. The molecule has 0 radical (unpaired) electrons. The van der Waals surface area contributed by atoms with Crippen molar-refractivity contribution in [3.8, 4) is 16.9 Å². The number of rotatable bonds is 8. The molecule has 4 aromatic rings. The molecule has 8 heteroatoms. The summed E-state index contributed by atoms with van der Waals surface area (Å²) in [5, 5.41) is 36.5. The van der Waals surface area contributed by atoms with E-state index in [0.717, 1.165) is 33.9 Å². The Morgan fingerprint density at radius 1 is 1.07 bits per heavy atom. The molecule has 2 aromatic heterocycles. The molecule has 0 aliphatic carbocycles. The van der Waals surface area contributed by atoms with E-state index < -0.39 is 0 Å². The van der Waals surface area contributed by atoms with Crippen LogP contribution in [0.15, 0.2) is 67.0 Å². The number of hydrogen-bond acceptors (Lipinski definition) is 6. The Labute approximate surface area is 174 Å². The lowest BCUT2D eigenvalue weighted by Crippen LogP contribution is -2.27. The predicted octanol–water partition coefficient (Wildman–Crippen LogP) is 3.08. The Hall–Kier alpha value is -3.62. The molecule has 0 aliphatic rings. The first-order valence-corrected chi connectivity index (χ1v) is 9.68. The summed E-state index contributed by atoms with van der Waals surface area (Å²) in [6, 6.07) is 17.4. The lowest BCUT2D eigenvalue weighted by atomic mass is 10.1. The predicted molar refractivity (Wildman–Crippen MR) is 117 cm³/mol. The van der Waals surface area contributed by atoms with Gasteiger partial charge in [-0.1, -0.05) is 12.1 Å². The number of aryl methyl sites for hydroxylation is 1. The summed E-state index contributed by atoms with van der Waals surface area (Å²) in [5.41, 5.74) is 5.72. The Bertz CT molecular complexity index is 1090. The van der Waals surface area contributed by atoms with Gasteiger partial charge in [0.05, 0.1) is 30.6 Å². The second-order valence-corrected chi connectivity index (χ2v) is 7.03. The molecule has 0 saturated heterocycles. The van der Waals surface area contributed by atoms with Crippen LogP contribution in [0.25, 0.3) is 16.9 Å². The summed E-state index contributed by atoms with van der Waals surface area (Å²) in [4.78, 5) is 0. The monoisotopic (exact) mass is 404 g/mol. The van der Waals surface area contributed by atoms with Gasteiger partial charge in [0.15, 0.2) is 5.82 Å². The van der Waals surface area contributed by atoms with Crippen LogP contribution < -0.4 is 10.6 Å². The van der Waals surface area contributed by atoms with Crippen LogP contribution in [0.3, 0.4) is 0 Å². The van der Waals surface area contributed by atoms with Crippen molar-refractivity contribution < 1.29 is 10.2 Å². The highest BCUT2D eigenvalue weighted by Gasteiger charge is 2.09. The fraction of sp³-hybridized carbons (Fsp3) is 0.182. The molecule has 0 atom stereocenters. The average Bonchev–Trinajstić information content (AvgIpc) is 3.46. The van der Waals surface area contributed by atoms with Gasteiger partial charge in [0.1, 0.15) is 0 Å². The lowest BCUT2D eigenvalue weighted by molar-refractivity contribution is 0.204. The van der Waals surface area contributed by atoms with Gasteiger partial charge < -0.3 is 20.8 Å². The van der Waals surface area contributed by atoms with Gasteiger partial charge in [-0.25, -0.2) is 4.68 Å². The number of aliphatic hydroxyl groups is 2. The fourth-order valence-corrected chi connectivity index (χ4v) is 3.17. The van der Waals surface area contributed by atoms with Gasteiger partial charge in [-0.15, -0.1) is 0 Å². The SMILES string of the molecule is Cc1cc(NC(CO)CO)ccc1Nc1cc(-c2ccc(-n3cccn3)cc2)[nH]n1. The van der Waals surface area contributed by atoms with Gasteiger partial charge >= 0.3 is 0 Å². The largest absolute Gasteiger partial charge is 0.394 e. The van der Waals surface area contributed by atoms with Gasteiger partial charge in [-0.2, -0.15) is 10.2 Å². The maximum atomic E-state index is 9.21. The molecule has 2 heterocycles. The van der Waals surface area contributed by atoms with Gasteiger partial charge in [-0.05, 0) is 54.4 Å². The van der Waals surface area contributed by atoms with E-state index in [4.69, 9.17) is 0 Å². The number of anilines is 3. The molecule has 4 rings (SSSR count). The number of aromatic nitrogens is 4. The van der Waals surface area contributed by atoms with Crippen molar-refractivity contribution in [1.82, 2.24) is 20.0 Å². The molecule has 5 N–H and O–H groups in total. The van der Waals surface area contributed by atoms with Crippen LogP contribution >= 0.6 is 0 Å². The van der Waals surface area contributed by atoms with Crippen LogP contribution in [0.5, 0.6) is 0 Å². The number of benzene rings is 2. The van der Waals surface area contributed by atoms with Crippen LogP contribution in [0.2, 0.25) is 0 Å². The minimum atomic E-state index is -0.378. The first-order chi connectivity index (χ1) is 14.7. The van der Waals surface area contributed by atoms with Crippen molar-refractivity contribution in [3.63, 3.8) is 0 Å². The Balaban J connectivity index is 1.45. The molecule has 2 aromatic carbocycles. The Kier molecular flexibility index (Phi) is 5.78. The highest BCUT2D eigenvalue weighted by molar-refractivity contribution is 5.69. The van der Waals surface area contributed by atoms with E-state index in [2.05, 4.69) is 25.9 Å². The Morgan fingerprint density at radius 2 is 1.87 bits per heavy atom. The minimum absolute atomic E-state index is 0.130. The third-order valence-corrected chi connectivity index (χ3v) is 4.83. The summed E-state index contributed by atoms with van der Waals surface area (Å²) in [5.74, 6) is 0.716. The smallest absolute Gasteiger partial charge is 0.152 e. The van der Waals surface area contributed by atoms with E-state index in [1.54, 1.807) is 6.20 Å². The molecule has 0 unspecified atom stereocenters. The van der Waals surface area contributed by atoms with Crippen LogP contribution in [-0.4, -0.2) is 49.4 Å². The van der Waals surface area contributed by atoms with Crippen LogP contribution in [0.4, 0.5) is 17.2 Å². The molecule has 0 saturated carbocycles. The molecule has 0 amide bonds. The van der Waals surface area contributed by atoms with Crippen molar-refractivity contribution >= 4 is 17.2 Å². The quantitative estimate of drug-likeness (QED) is 0.309. The molecule has 0 aliphatic heterocycles. The summed E-state index contributed by atoms with van der Waals surface area (Å²) in [6.07, 6.45) is 3.66. The molecule has 154 valence electrons. The summed E-state index contributed by atoms with van der Waals surface area (Å²) < 4.78 is 1.81. The van der Waals surface area contributed by atoms with Gasteiger partial charge in [-0.3, -0.25) is 5.10 Å². The number of H-pyrrole nitrogens is 1. The molecule has 8 nitrogen and oxygen atoms in total. The van der Waals surface area contributed by atoms with Gasteiger partial charge in [0, 0.05) is 29.8 Å². The molecule has 30 heavy (non-hydrogen) atoms. The van der Waals surface area contributed by atoms with E-state index in [1.807, 2.05) is 72.4 Å². The number of nitrogens with zero attached hydrogens (tertiary/aromatic N) is 3. The molecular weight excluding hydrogens is 380 g/mol. The lowest BCUT2D eigenvalue weighted by Gasteiger charge is -2.16. The van der Waals surface area contributed by atoms with Gasteiger partial charge in [0.25, 0.3) is 0 Å². The van der Waals surface area contributed by atoms with Crippen LogP contribution in [0.1, 0.15) is 5.56 Å². The van der Waals surface area contributed by atoms with Gasteiger partial charge in [0.2, 0.25) is 0 Å². The zero-order chi connectivity index (χ0) is 20.9. The number of hydrogen-bond donors (Lipinski definition) is 5. The number of aromatic amines is 1. The number of nitrogens with one attached hydrogen (secondary N) is 3. The van der Waals surface area contributed by atoms with E-state index in [9.17, 15) is 10.2 Å². The second-order valence-electron chi connectivity index (χ2n) is 7.03. The average molecular weight is 404 g/mol. The van der Waals surface area contributed by atoms with Crippen LogP contribution in [0, 0.1) is 6.92 Å². The summed E-state index contributed by atoms with van der Waals surface area (Å²) in [6.45, 7) is 1.73. The third kappa shape index (κ3) is 4.35. The second kappa shape index (κ2) is 8.81. The van der Waals surface area contributed by atoms with Crippen LogP contribution in [-0.2, 0) is 0 Å². The van der Waals surface area contributed by atoms with E-state index >= 15 is 0 Å². The van der Waals surface area contributed by atoms with Crippen molar-refractivity contribution in [1.29, 1.82) is 0 Å². The molecule has 0 spiro atoms. The maximum absolute atomic E-state index is 9.21. The van der Waals surface area contributed by atoms with Crippen molar-refractivity contribution in [2.24, 2.45) is 0 Å². The molecule has 0 fully saturated rings. The van der Waals surface area contributed by atoms with E-state index in [1.165, 1.54) is 0 Å². The first-order valence-electron chi connectivity index (χ1n) is 9.68. The normalized spacial score (nSPS) is 11.1.